The molecule has 0 aliphatic heterocycles. The molecule has 0 radical (unpaired) electrons. The van der Waals surface area contributed by atoms with E-state index in [-0.39, 0.29) is 5.69 Å². The van der Waals surface area contributed by atoms with Gasteiger partial charge in [0.1, 0.15) is 5.69 Å². The van der Waals surface area contributed by atoms with Gasteiger partial charge in [-0.3, -0.25) is 4.79 Å². The minimum absolute atomic E-state index is 0.208. The second-order valence-corrected chi connectivity index (χ2v) is 4.13. The molecule has 4 N–H and O–H groups in total. The van der Waals surface area contributed by atoms with Gasteiger partial charge in [0.25, 0.3) is 5.91 Å². The highest BCUT2D eigenvalue weighted by Gasteiger charge is 2.08. The molecule has 1 heterocycles. The first kappa shape index (κ1) is 10.7. The molecule has 1 aromatic heterocycles. The largest absolute Gasteiger partial charge is 0.397 e. The maximum absolute atomic E-state index is 10.9. The number of halogens is 1. The second-order valence-electron chi connectivity index (χ2n) is 3.21. The van der Waals surface area contributed by atoms with E-state index in [2.05, 4.69) is 21.0 Å². The van der Waals surface area contributed by atoms with Gasteiger partial charge in [-0.1, -0.05) is 15.9 Å². The maximum Gasteiger partial charge on any atom is 0.269 e. The fourth-order valence-electron chi connectivity index (χ4n) is 1.30. The molecular weight excluding hydrogens is 272 g/mol. The van der Waals surface area contributed by atoms with Gasteiger partial charge in [0.2, 0.25) is 0 Å². The van der Waals surface area contributed by atoms with Gasteiger partial charge < -0.3 is 11.5 Å². The minimum atomic E-state index is -0.563. The molecule has 0 fully saturated rings. The number of hydrogen-bond acceptors (Lipinski definition) is 3. The molecule has 0 atom stereocenters. The summed E-state index contributed by atoms with van der Waals surface area (Å²) < 4.78 is 2.40. The standard InChI is InChI=1S/C10H9BrN4O/c11-6-1-2-7(12)9(5-6)15-4-3-8(14-15)10(13)16/h1-5H,12H2,(H2,13,16). The summed E-state index contributed by atoms with van der Waals surface area (Å²) >= 11 is 3.34. The SMILES string of the molecule is NC(=O)c1ccn(-c2cc(Br)ccc2N)n1. The summed E-state index contributed by atoms with van der Waals surface area (Å²) in [6.45, 7) is 0. The predicted molar refractivity (Wildman–Crippen MR) is 64.2 cm³/mol. The van der Waals surface area contributed by atoms with Crippen LogP contribution >= 0.6 is 15.9 Å². The maximum atomic E-state index is 10.9. The Balaban J connectivity index is 2.50. The van der Waals surface area contributed by atoms with Crippen LogP contribution in [0.5, 0.6) is 0 Å². The molecule has 0 aliphatic rings. The predicted octanol–water partition coefficient (Wildman–Crippen LogP) is 1.32. The highest BCUT2D eigenvalue weighted by Crippen LogP contribution is 2.21. The molecule has 2 rings (SSSR count). The van der Waals surface area contributed by atoms with Gasteiger partial charge in [-0.2, -0.15) is 5.10 Å². The van der Waals surface area contributed by atoms with Crippen molar-refractivity contribution in [1.29, 1.82) is 0 Å². The second kappa shape index (κ2) is 3.97. The Morgan fingerprint density at radius 1 is 1.38 bits per heavy atom. The third-order valence-corrected chi connectivity index (χ3v) is 2.57. The Bertz CT molecular complexity index is 550. The van der Waals surface area contributed by atoms with Gasteiger partial charge in [0.05, 0.1) is 11.4 Å². The molecule has 0 saturated heterocycles. The zero-order valence-electron chi connectivity index (χ0n) is 8.22. The summed E-state index contributed by atoms with van der Waals surface area (Å²) in [6.07, 6.45) is 1.64. The van der Waals surface area contributed by atoms with Crippen LogP contribution in [-0.2, 0) is 0 Å². The lowest BCUT2D eigenvalue weighted by atomic mass is 10.3. The van der Waals surface area contributed by atoms with Crippen molar-refractivity contribution in [2.75, 3.05) is 5.73 Å². The van der Waals surface area contributed by atoms with E-state index in [0.717, 1.165) is 4.47 Å². The number of primary amides is 1. The summed E-state index contributed by atoms with van der Waals surface area (Å²) in [5.41, 5.74) is 12.4. The summed E-state index contributed by atoms with van der Waals surface area (Å²) in [4.78, 5) is 10.9. The number of anilines is 1. The number of nitrogens with zero attached hydrogens (tertiary/aromatic N) is 2. The van der Waals surface area contributed by atoms with Crippen LogP contribution in [0.15, 0.2) is 34.9 Å². The van der Waals surface area contributed by atoms with Crippen molar-refractivity contribution < 1.29 is 4.79 Å². The molecule has 0 aliphatic carbocycles. The highest BCUT2D eigenvalue weighted by molar-refractivity contribution is 9.10. The van der Waals surface area contributed by atoms with E-state index in [4.69, 9.17) is 11.5 Å². The molecule has 6 heteroatoms. The van der Waals surface area contributed by atoms with Gasteiger partial charge in [0.15, 0.2) is 0 Å². The molecule has 2 aromatic rings. The molecule has 1 aromatic carbocycles. The van der Waals surface area contributed by atoms with Gasteiger partial charge in [0, 0.05) is 10.7 Å². The van der Waals surface area contributed by atoms with Crippen molar-refractivity contribution in [2.24, 2.45) is 5.73 Å². The average molecular weight is 281 g/mol. The summed E-state index contributed by atoms with van der Waals surface area (Å²) in [5, 5.41) is 4.02. The fourth-order valence-corrected chi connectivity index (χ4v) is 1.65. The number of carbonyl (C=O) groups excluding carboxylic acids is 1. The number of nitrogen functional groups attached to an aromatic ring is 1. The van der Waals surface area contributed by atoms with Crippen molar-refractivity contribution in [2.45, 2.75) is 0 Å². The first-order valence-electron chi connectivity index (χ1n) is 4.49. The number of hydrogen-bond donors (Lipinski definition) is 2. The van der Waals surface area contributed by atoms with Gasteiger partial charge >= 0.3 is 0 Å². The number of amides is 1. The minimum Gasteiger partial charge on any atom is -0.397 e. The molecule has 0 spiro atoms. The van der Waals surface area contributed by atoms with Crippen LogP contribution in [0.2, 0.25) is 0 Å². The van der Waals surface area contributed by atoms with Crippen molar-refractivity contribution in [3.8, 4) is 5.69 Å². The lowest BCUT2D eigenvalue weighted by molar-refractivity contribution is 0.0995. The fraction of sp³-hybridized carbons (Fsp3) is 0. The number of benzene rings is 1. The van der Waals surface area contributed by atoms with E-state index in [1.165, 1.54) is 4.68 Å². The topological polar surface area (TPSA) is 86.9 Å². The third kappa shape index (κ3) is 1.92. The molecule has 82 valence electrons. The molecule has 5 nitrogen and oxygen atoms in total. The van der Waals surface area contributed by atoms with Crippen molar-refractivity contribution in [3.63, 3.8) is 0 Å². The van der Waals surface area contributed by atoms with E-state index in [1.54, 1.807) is 18.3 Å². The Morgan fingerprint density at radius 3 is 2.75 bits per heavy atom. The van der Waals surface area contributed by atoms with E-state index in [1.807, 2.05) is 12.1 Å². The Morgan fingerprint density at radius 2 is 2.12 bits per heavy atom. The first-order chi connectivity index (χ1) is 7.58. The monoisotopic (exact) mass is 280 g/mol. The van der Waals surface area contributed by atoms with Gasteiger partial charge in [-0.05, 0) is 24.3 Å². The van der Waals surface area contributed by atoms with Gasteiger partial charge in [-0.25, -0.2) is 4.68 Å². The highest BCUT2D eigenvalue weighted by atomic mass is 79.9. The molecule has 1 amide bonds. The zero-order valence-corrected chi connectivity index (χ0v) is 9.81. The van der Waals surface area contributed by atoms with Crippen LogP contribution in [0.1, 0.15) is 10.5 Å². The lowest BCUT2D eigenvalue weighted by Crippen LogP contribution is -2.12. The van der Waals surface area contributed by atoms with Crippen LogP contribution in [0.4, 0.5) is 5.69 Å². The van der Waals surface area contributed by atoms with E-state index < -0.39 is 5.91 Å². The molecule has 16 heavy (non-hydrogen) atoms. The molecule has 0 bridgehead atoms. The third-order valence-electron chi connectivity index (χ3n) is 2.08. The van der Waals surface area contributed by atoms with Crippen LogP contribution < -0.4 is 11.5 Å². The van der Waals surface area contributed by atoms with Crippen LogP contribution in [-0.4, -0.2) is 15.7 Å². The van der Waals surface area contributed by atoms with Crippen LogP contribution in [0.25, 0.3) is 5.69 Å². The summed E-state index contributed by atoms with van der Waals surface area (Å²) in [6, 6.07) is 6.94. The van der Waals surface area contributed by atoms with E-state index in [9.17, 15) is 4.79 Å². The molecule has 0 saturated carbocycles. The Hall–Kier alpha value is -1.82. The quantitative estimate of drug-likeness (QED) is 0.814. The Labute approximate surface area is 100 Å². The number of carbonyl (C=O) groups is 1. The summed E-state index contributed by atoms with van der Waals surface area (Å²) in [5.74, 6) is -0.563. The number of nitrogens with two attached hydrogens (primary N) is 2. The Kier molecular flexibility index (Phi) is 2.66. The average Bonchev–Trinajstić information content (AvgIpc) is 2.70. The van der Waals surface area contributed by atoms with Crippen LogP contribution in [0.3, 0.4) is 0 Å². The summed E-state index contributed by atoms with van der Waals surface area (Å²) in [7, 11) is 0. The molecular formula is C10H9BrN4O. The smallest absolute Gasteiger partial charge is 0.269 e. The van der Waals surface area contributed by atoms with Crippen molar-refractivity contribution in [1.82, 2.24) is 9.78 Å². The lowest BCUT2D eigenvalue weighted by Gasteiger charge is -2.05. The normalized spacial score (nSPS) is 10.3. The molecule has 0 unspecified atom stereocenters. The first-order valence-corrected chi connectivity index (χ1v) is 5.28. The number of rotatable bonds is 2. The van der Waals surface area contributed by atoms with Gasteiger partial charge in [-0.15, -0.1) is 0 Å². The van der Waals surface area contributed by atoms with Crippen molar-refractivity contribution >= 4 is 27.5 Å². The van der Waals surface area contributed by atoms with E-state index in [0.29, 0.717) is 11.4 Å². The number of aromatic nitrogens is 2. The van der Waals surface area contributed by atoms with Crippen molar-refractivity contribution in [3.05, 3.63) is 40.6 Å². The van der Waals surface area contributed by atoms with E-state index >= 15 is 0 Å². The zero-order chi connectivity index (χ0) is 11.7. The van der Waals surface area contributed by atoms with Crippen LogP contribution in [0, 0.1) is 0 Å².